The molecule has 0 saturated carbocycles. The maximum absolute atomic E-state index is 10.5. The number of nitrogens with zero attached hydrogens (tertiary/aromatic N) is 3. The van der Waals surface area contributed by atoms with Gasteiger partial charge in [0.2, 0.25) is 0 Å². The predicted octanol–water partition coefficient (Wildman–Crippen LogP) is 3.68. The zero-order valence-electron chi connectivity index (χ0n) is 23.7. The van der Waals surface area contributed by atoms with Crippen LogP contribution in [0.15, 0.2) is 53.3 Å². The smallest absolute Gasteiger partial charge is 0.153 e. The molecule has 0 unspecified atom stereocenters. The number of rotatable bonds is 8. The van der Waals surface area contributed by atoms with Crippen LogP contribution >= 0.6 is 0 Å². The van der Waals surface area contributed by atoms with E-state index in [9.17, 15) is 9.59 Å². The summed E-state index contributed by atoms with van der Waals surface area (Å²) in [6.45, 7) is 7.58. The molecule has 0 atom stereocenters. The number of aliphatic imine (C=N–C) groups is 1. The molecule has 3 rings (SSSR count). The van der Waals surface area contributed by atoms with Gasteiger partial charge < -0.3 is 26.5 Å². The molecule has 2 aromatic carbocycles. The van der Waals surface area contributed by atoms with Gasteiger partial charge in [-0.3, -0.25) is 9.79 Å². The average molecular weight is 519 g/mol. The number of carbonyl (C=O) groups excluding carboxylic acids is 2. The van der Waals surface area contributed by atoms with Crippen molar-refractivity contribution in [3.05, 3.63) is 81.7 Å². The Hall–Kier alpha value is -3.88. The lowest BCUT2D eigenvalue weighted by molar-refractivity contribution is -0.107. The number of hydrogen-bond donors (Lipinski definition) is 3. The molecular weight excluding hydrogens is 476 g/mol. The summed E-state index contributed by atoms with van der Waals surface area (Å²) >= 11 is 0. The number of aromatic nitrogens is 1. The van der Waals surface area contributed by atoms with Crippen LogP contribution in [-0.4, -0.2) is 56.9 Å². The van der Waals surface area contributed by atoms with Crippen LogP contribution in [0.4, 0.5) is 5.82 Å². The van der Waals surface area contributed by atoms with Gasteiger partial charge >= 0.3 is 0 Å². The summed E-state index contributed by atoms with van der Waals surface area (Å²) in [7, 11) is 7.96. The molecule has 0 saturated heterocycles. The number of fused-ring (bicyclic) bond motifs is 1. The summed E-state index contributed by atoms with van der Waals surface area (Å²) in [4.78, 5) is 31.2. The normalized spacial score (nSPS) is 11.1. The van der Waals surface area contributed by atoms with Crippen molar-refractivity contribution in [3.8, 4) is 0 Å². The molecule has 0 fully saturated rings. The van der Waals surface area contributed by atoms with Crippen LogP contribution in [-0.2, 0) is 29.1 Å². The lowest BCUT2D eigenvalue weighted by Crippen LogP contribution is -2.09. The molecule has 0 amide bonds. The van der Waals surface area contributed by atoms with E-state index in [0.717, 1.165) is 34.9 Å². The monoisotopic (exact) mass is 518 g/mol. The highest BCUT2D eigenvalue weighted by Gasteiger charge is 2.09. The Balaban J connectivity index is 0.000000335. The molecular formula is C30H42N6O2. The summed E-state index contributed by atoms with van der Waals surface area (Å²) in [6.07, 6.45) is 6.41. The van der Waals surface area contributed by atoms with Crippen LogP contribution in [0.2, 0.25) is 0 Å². The summed E-state index contributed by atoms with van der Waals surface area (Å²) in [5.74, 6) is 0.611. The van der Waals surface area contributed by atoms with Crippen molar-refractivity contribution in [1.29, 1.82) is 0 Å². The molecule has 8 nitrogen and oxygen atoms in total. The van der Waals surface area contributed by atoms with E-state index in [-0.39, 0.29) is 0 Å². The van der Waals surface area contributed by atoms with Crippen molar-refractivity contribution in [1.82, 2.24) is 15.2 Å². The Kier molecular flexibility index (Phi) is 14.2. The molecule has 0 spiro atoms. The van der Waals surface area contributed by atoms with Gasteiger partial charge in [-0.1, -0.05) is 18.2 Å². The van der Waals surface area contributed by atoms with Crippen molar-refractivity contribution < 1.29 is 9.59 Å². The number of nitrogens with one attached hydrogen (secondary N) is 1. The fraction of sp³-hybridized carbons (Fsp3) is 0.333. The molecule has 0 radical (unpaired) electrons. The highest BCUT2D eigenvalue weighted by Crippen LogP contribution is 2.27. The number of nitrogen functional groups attached to an aromatic ring is 1. The summed E-state index contributed by atoms with van der Waals surface area (Å²) in [5.41, 5.74) is 18.5. The summed E-state index contributed by atoms with van der Waals surface area (Å²) in [5, 5.41) is 5.45. The number of nitrogens with two attached hydrogens (primary N) is 2. The van der Waals surface area contributed by atoms with Crippen molar-refractivity contribution in [3.63, 3.8) is 0 Å². The van der Waals surface area contributed by atoms with Crippen molar-refractivity contribution in [2.45, 2.75) is 40.3 Å². The van der Waals surface area contributed by atoms with Crippen molar-refractivity contribution in [2.24, 2.45) is 10.7 Å². The van der Waals surface area contributed by atoms with Crippen LogP contribution in [0.25, 0.3) is 10.8 Å². The van der Waals surface area contributed by atoms with Crippen molar-refractivity contribution in [2.75, 3.05) is 33.9 Å². The van der Waals surface area contributed by atoms with E-state index in [4.69, 9.17) is 11.5 Å². The minimum Gasteiger partial charge on any atom is -0.404 e. The number of aldehydes is 2. The minimum absolute atomic E-state index is 0.351. The van der Waals surface area contributed by atoms with Gasteiger partial charge in [0.05, 0.1) is 6.54 Å². The first kappa shape index (κ1) is 32.1. The number of aryl methyl sites for hydroxylation is 3. The standard InChI is InChI=1S/C14H16N2O2.C13H17N3.C3H9N/c1-11-6-12(2-3-14(11)4-5-17)8-16-9-13(7-15)10-18;1-8-6-11-10(4-5-16-13(11)14)9(2)12(8)7-15-3;1-4(2)3/h2-3,5-7,9-10H,4,8,15H2,1H3;4-6,15H,7H2,1-3H3,(H2,14,16);1-3H3/b13-7+,16-9?;;. The largest absolute Gasteiger partial charge is 0.404 e. The van der Waals surface area contributed by atoms with E-state index in [2.05, 4.69) is 35.2 Å². The van der Waals surface area contributed by atoms with Crippen LogP contribution in [0.5, 0.6) is 0 Å². The van der Waals surface area contributed by atoms with Crippen LogP contribution < -0.4 is 16.8 Å². The lowest BCUT2D eigenvalue weighted by Gasteiger charge is -2.13. The third kappa shape index (κ3) is 10.2. The summed E-state index contributed by atoms with van der Waals surface area (Å²) in [6, 6.07) is 9.99. The maximum Gasteiger partial charge on any atom is 0.153 e. The average Bonchev–Trinajstić information content (AvgIpc) is 2.87. The molecule has 204 valence electrons. The highest BCUT2D eigenvalue weighted by atomic mass is 16.1. The SMILES string of the molecule is CN(C)C.CNCc1c(C)cc2c(N)nccc2c1C.Cc1cc(CN=C/C(C=O)=C\N)ccc1CC=O. The van der Waals surface area contributed by atoms with E-state index in [1.165, 1.54) is 34.5 Å². The van der Waals surface area contributed by atoms with Crippen LogP contribution in [0.1, 0.15) is 33.4 Å². The third-order valence-corrected chi connectivity index (χ3v) is 5.62. The molecule has 3 aromatic rings. The number of allylic oxidation sites excluding steroid dienone is 1. The van der Waals surface area contributed by atoms with Crippen LogP contribution in [0.3, 0.4) is 0 Å². The number of anilines is 1. The molecule has 38 heavy (non-hydrogen) atoms. The second kappa shape index (κ2) is 16.8. The first-order chi connectivity index (χ1) is 18.1. The molecule has 0 aliphatic heterocycles. The van der Waals surface area contributed by atoms with E-state index in [1.807, 2.05) is 64.3 Å². The van der Waals surface area contributed by atoms with Crippen molar-refractivity contribution >= 4 is 35.4 Å². The van der Waals surface area contributed by atoms with Gasteiger partial charge in [0.25, 0.3) is 0 Å². The Morgan fingerprint density at radius 1 is 1.05 bits per heavy atom. The molecule has 5 N–H and O–H groups in total. The third-order valence-electron chi connectivity index (χ3n) is 5.62. The molecule has 1 aromatic heterocycles. The number of pyridine rings is 1. The first-order valence-electron chi connectivity index (χ1n) is 12.4. The summed E-state index contributed by atoms with van der Waals surface area (Å²) < 4.78 is 0. The van der Waals surface area contributed by atoms with Gasteiger partial charge in [0.15, 0.2) is 6.29 Å². The van der Waals surface area contributed by atoms with E-state index in [1.54, 1.807) is 6.20 Å². The van der Waals surface area contributed by atoms with Gasteiger partial charge in [-0.2, -0.15) is 0 Å². The quantitative estimate of drug-likeness (QED) is 0.236. The Morgan fingerprint density at radius 2 is 1.74 bits per heavy atom. The van der Waals surface area contributed by atoms with Gasteiger partial charge in [-0.05, 0) is 99.9 Å². The fourth-order valence-corrected chi connectivity index (χ4v) is 3.72. The molecule has 0 aliphatic carbocycles. The fourth-order valence-electron chi connectivity index (χ4n) is 3.72. The highest BCUT2D eigenvalue weighted by molar-refractivity contribution is 6.01. The molecule has 8 heteroatoms. The number of benzene rings is 2. The number of carbonyl (C=O) groups is 2. The Bertz CT molecular complexity index is 1260. The second-order valence-corrected chi connectivity index (χ2v) is 9.35. The molecule has 0 aliphatic rings. The van der Waals surface area contributed by atoms with Gasteiger partial charge in [0.1, 0.15) is 12.1 Å². The number of hydrogen-bond acceptors (Lipinski definition) is 8. The van der Waals surface area contributed by atoms with Gasteiger partial charge in [0, 0.05) is 42.5 Å². The molecule has 0 bridgehead atoms. The Morgan fingerprint density at radius 3 is 2.29 bits per heavy atom. The van der Waals surface area contributed by atoms with Gasteiger partial charge in [-0.25, -0.2) is 4.98 Å². The maximum atomic E-state index is 10.5. The minimum atomic E-state index is 0.351. The zero-order valence-corrected chi connectivity index (χ0v) is 23.7. The van der Waals surface area contributed by atoms with Crippen LogP contribution in [0, 0.1) is 20.8 Å². The zero-order chi connectivity index (χ0) is 28.7. The van der Waals surface area contributed by atoms with E-state index in [0.29, 0.717) is 30.6 Å². The second-order valence-electron chi connectivity index (χ2n) is 9.35. The van der Waals surface area contributed by atoms with E-state index >= 15 is 0 Å². The first-order valence-corrected chi connectivity index (χ1v) is 12.4. The van der Waals surface area contributed by atoms with E-state index < -0.39 is 0 Å². The lowest BCUT2D eigenvalue weighted by atomic mass is 9.96. The van der Waals surface area contributed by atoms with Gasteiger partial charge in [-0.15, -0.1) is 0 Å². The molecule has 1 heterocycles. The Labute approximate surface area is 226 Å². The topological polar surface area (TPSA) is 127 Å². The predicted molar refractivity (Wildman–Crippen MR) is 159 cm³/mol.